The Bertz CT molecular complexity index is 290. The van der Waals surface area contributed by atoms with Crippen molar-refractivity contribution in [3.8, 4) is 0 Å². The highest BCUT2D eigenvalue weighted by Crippen LogP contribution is 2.27. The van der Waals surface area contributed by atoms with E-state index in [0.717, 1.165) is 19.5 Å². The van der Waals surface area contributed by atoms with E-state index in [4.69, 9.17) is 5.11 Å². The Morgan fingerprint density at radius 3 is 2.56 bits per heavy atom. The zero-order valence-corrected chi connectivity index (χ0v) is 12.4. The minimum atomic E-state index is -0.171. The van der Waals surface area contributed by atoms with Gasteiger partial charge >= 0.3 is 0 Å². The monoisotopic (exact) mass is 256 g/mol. The summed E-state index contributed by atoms with van der Waals surface area (Å²) >= 11 is 0. The van der Waals surface area contributed by atoms with Crippen molar-refractivity contribution >= 4 is 5.91 Å². The van der Waals surface area contributed by atoms with E-state index in [9.17, 15) is 4.79 Å². The average molecular weight is 256 g/mol. The van der Waals surface area contributed by atoms with Crippen LogP contribution in [0.4, 0.5) is 0 Å². The molecule has 0 aromatic carbocycles. The molecule has 1 heterocycles. The first-order valence-electron chi connectivity index (χ1n) is 6.92. The van der Waals surface area contributed by atoms with Crippen LogP contribution >= 0.6 is 0 Å². The number of carbonyl (C=O) groups is 1. The van der Waals surface area contributed by atoms with Crippen LogP contribution in [0.25, 0.3) is 0 Å². The van der Waals surface area contributed by atoms with Crippen LogP contribution in [0.5, 0.6) is 0 Å². The van der Waals surface area contributed by atoms with Crippen molar-refractivity contribution in [2.24, 2.45) is 5.92 Å². The second-order valence-corrected chi connectivity index (χ2v) is 6.41. The van der Waals surface area contributed by atoms with Gasteiger partial charge in [0.25, 0.3) is 0 Å². The fourth-order valence-corrected chi connectivity index (χ4v) is 2.58. The maximum absolute atomic E-state index is 12.7. The average Bonchev–Trinajstić information content (AvgIpc) is 2.34. The number of hydrogen-bond donors (Lipinski definition) is 1. The molecule has 1 atom stereocenters. The molecule has 1 fully saturated rings. The van der Waals surface area contributed by atoms with Crippen LogP contribution in [-0.4, -0.2) is 59.1 Å². The van der Waals surface area contributed by atoms with Crippen molar-refractivity contribution in [2.45, 2.75) is 52.1 Å². The van der Waals surface area contributed by atoms with E-state index in [1.165, 1.54) is 0 Å². The molecule has 1 amide bonds. The fourth-order valence-electron chi connectivity index (χ4n) is 2.58. The summed E-state index contributed by atoms with van der Waals surface area (Å²) in [5.41, 5.74) is -0.0974. The molecule has 0 radical (unpaired) electrons. The number of likely N-dealkylation sites (N-methyl/N-ethyl adjacent to an activating group) is 1. The first kappa shape index (κ1) is 15.4. The number of rotatable bonds is 4. The van der Waals surface area contributed by atoms with Crippen LogP contribution in [0.15, 0.2) is 0 Å². The first-order valence-corrected chi connectivity index (χ1v) is 6.92. The van der Waals surface area contributed by atoms with Crippen molar-refractivity contribution in [2.75, 3.05) is 26.7 Å². The lowest BCUT2D eigenvalue weighted by atomic mass is 9.96. The molecule has 18 heavy (non-hydrogen) atoms. The topological polar surface area (TPSA) is 43.8 Å². The van der Waals surface area contributed by atoms with E-state index in [1.54, 1.807) is 0 Å². The molecule has 1 N–H and O–H groups in total. The molecule has 0 spiro atoms. The van der Waals surface area contributed by atoms with E-state index in [0.29, 0.717) is 12.3 Å². The van der Waals surface area contributed by atoms with Crippen molar-refractivity contribution < 1.29 is 9.90 Å². The van der Waals surface area contributed by atoms with E-state index in [-0.39, 0.29) is 24.1 Å². The number of hydrogen-bond acceptors (Lipinski definition) is 3. The van der Waals surface area contributed by atoms with Gasteiger partial charge in [-0.15, -0.1) is 0 Å². The van der Waals surface area contributed by atoms with Crippen LogP contribution in [0.1, 0.15) is 40.5 Å². The maximum Gasteiger partial charge on any atom is 0.240 e. The lowest BCUT2D eigenvalue weighted by Crippen LogP contribution is -2.52. The molecule has 106 valence electrons. The summed E-state index contributed by atoms with van der Waals surface area (Å²) in [7, 11) is 1.98. The van der Waals surface area contributed by atoms with Gasteiger partial charge in [0.2, 0.25) is 5.91 Å². The molecular weight excluding hydrogens is 228 g/mol. The Hall–Kier alpha value is -0.610. The second-order valence-electron chi connectivity index (χ2n) is 6.41. The number of amides is 1. The molecule has 0 bridgehead atoms. The second kappa shape index (κ2) is 6.02. The molecule has 1 rings (SSSR count). The lowest BCUT2D eigenvalue weighted by Gasteiger charge is -2.39. The lowest BCUT2D eigenvalue weighted by molar-refractivity contribution is -0.140. The molecule has 1 aliphatic rings. The molecule has 0 aromatic heterocycles. The Balaban J connectivity index is 2.97. The summed E-state index contributed by atoms with van der Waals surface area (Å²) < 4.78 is 0. The highest BCUT2D eigenvalue weighted by molar-refractivity contribution is 5.83. The molecule has 0 aliphatic carbocycles. The van der Waals surface area contributed by atoms with Gasteiger partial charge in [-0.1, -0.05) is 13.8 Å². The summed E-state index contributed by atoms with van der Waals surface area (Å²) in [6, 6.07) is -0.171. The van der Waals surface area contributed by atoms with Gasteiger partial charge < -0.3 is 10.0 Å². The van der Waals surface area contributed by atoms with Gasteiger partial charge in [-0.05, 0) is 39.7 Å². The first-order chi connectivity index (χ1) is 8.29. The van der Waals surface area contributed by atoms with E-state index in [2.05, 4.69) is 32.6 Å². The standard InChI is InChI=1S/C14H28N2O2/c1-11(2)10-16-13(18)12(6-9-17)15(5)8-7-14(16,3)4/h11-12,17H,6-10H2,1-5H3. The summed E-state index contributed by atoms with van der Waals surface area (Å²) in [6.45, 7) is 10.3. The van der Waals surface area contributed by atoms with Gasteiger partial charge in [-0.25, -0.2) is 0 Å². The third-order valence-electron chi connectivity index (χ3n) is 3.84. The van der Waals surface area contributed by atoms with Crippen LogP contribution in [0.3, 0.4) is 0 Å². The summed E-state index contributed by atoms with van der Waals surface area (Å²) in [5.74, 6) is 0.633. The number of aliphatic hydroxyl groups is 1. The predicted molar refractivity (Wildman–Crippen MR) is 73.4 cm³/mol. The van der Waals surface area contributed by atoms with Gasteiger partial charge in [-0.3, -0.25) is 9.69 Å². The van der Waals surface area contributed by atoms with Crippen molar-refractivity contribution in [3.63, 3.8) is 0 Å². The Kier molecular flexibility index (Phi) is 5.17. The molecule has 4 nitrogen and oxygen atoms in total. The summed E-state index contributed by atoms with van der Waals surface area (Å²) in [4.78, 5) is 16.8. The van der Waals surface area contributed by atoms with Gasteiger partial charge in [0, 0.05) is 25.2 Å². The SMILES string of the molecule is CC(C)CN1C(=O)C(CCO)N(C)CCC1(C)C. The van der Waals surface area contributed by atoms with Gasteiger partial charge in [0.15, 0.2) is 0 Å². The number of aliphatic hydroxyl groups excluding tert-OH is 1. The van der Waals surface area contributed by atoms with Gasteiger partial charge in [0.1, 0.15) is 0 Å². The normalized spacial score (nSPS) is 25.6. The summed E-state index contributed by atoms with van der Waals surface area (Å²) in [6.07, 6.45) is 1.50. The van der Waals surface area contributed by atoms with E-state index >= 15 is 0 Å². The predicted octanol–water partition coefficient (Wildman–Crippen LogP) is 1.34. The molecule has 1 saturated heterocycles. The summed E-state index contributed by atoms with van der Waals surface area (Å²) in [5, 5.41) is 9.15. The van der Waals surface area contributed by atoms with Crippen molar-refractivity contribution in [1.82, 2.24) is 9.80 Å². The zero-order valence-electron chi connectivity index (χ0n) is 12.4. The van der Waals surface area contributed by atoms with Gasteiger partial charge in [0.05, 0.1) is 6.04 Å². The van der Waals surface area contributed by atoms with Gasteiger partial charge in [-0.2, -0.15) is 0 Å². The van der Waals surface area contributed by atoms with Crippen LogP contribution < -0.4 is 0 Å². The van der Waals surface area contributed by atoms with Crippen LogP contribution in [-0.2, 0) is 4.79 Å². The van der Waals surface area contributed by atoms with Crippen LogP contribution in [0.2, 0.25) is 0 Å². The molecule has 0 saturated carbocycles. The molecule has 1 aliphatic heterocycles. The van der Waals surface area contributed by atoms with Crippen molar-refractivity contribution in [3.05, 3.63) is 0 Å². The Morgan fingerprint density at radius 1 is 1.44 bits per heavy atom. The minimum absolute atomic E-state index is 0.0662. The Labute approximate surface area is 111 Å². The number of nitrogens with zero attached hydrogens (tertiary/aromatic N) is 2. The molecule has 4 heteroatoms. The minimum Gasteiger partial charge on any atom is -0.396 e. The molecular formula is C14H28N2O2. The smallest absolute Gasteiger partial charge is 0.240 e. The Morgan fingerprint density at radius 2 is 2.06 bits per heavy atom. The van der Waals surface area contributed by atoms with E-state index < -0.39 is 0 Å². The largest absolute Gasteiger partial charge is 0.396 e. The highest BCUT2D eigenvalue weighted by Gasteiger charge is 2.39. The van der Waals surface area contributed by atoms with Crippen LogP contribution in [0, 0.1) is 5.92 Å². The van der Waals surface area contributed by atoms with E-state index in [1.807, 2.05) is 11.9 Å². The third kappa shape index (κ3) is 3.45. The molecule has 1 unspecified atom stereocenters. The zero-order chi connectivity index (χ0) is 13.9. The van der Waals surface area contributed by atoms with Crippen molar-refractivity contribution in [1.29, 1.82) is 0 Å². The molecule has 0 aromatic rings. The maximum atomic E-state index is 12.7. The number of carbonyl (C=O) groups excluding carboxylic acids is 1. The quantitative estimate of drug-likeness (QED) is 0.825. The highest BCUT2D eigenvalue weighted by atomic mass is 16.3. The third-order valence-corrected chi connectivity index (χ3v) is 3.84. The fraction of sp³-hybridized carbons (Fsp3) is 0.929.